The number of hydrogen-bond donors (Lipinski definition) is 0. The van der Waals surface area contributed by atoms with Gasteiger partial charge in [0.05, 0.1) is 6.61 Å². The number of anilines is 2. The van der Waals surface area contributed by atoms with E-state index in [1.165, 1.54) is 11.1 Å². The molecule has 0 bridgehead atoms. The molecule has 150 valence electrons. The van der Waals surface area contributed by atoms with Crippen molar-refractivity contribution in [1.82, 2.24) is 4.90 Å². The summed E-state index contributed by atoms with van der Waals surface area (Å²) >= 11 is 0. The lowest BCUT2D eigenvalue weighted by Crippen LogP contribution is -2.41. The molecule has 6 heteroatoms. The van der Waals surface area contributed by atoms with Gasteiger partial charge in [-0.1, -0.05) is 24.3 Å². The van der Waals surface area contributed by atoms with Crippen LogP contribution in [0.2, 0.25) is 0 Å². The highest BCUT2D eigenvalue weighted by Gasteiger charge is 2.33. The predicted octanol–water partition coefficient (Wildman–Crippen LogP) is 2.42. The Bertz CT molecular complexity index is 902. The molecule has 0 radical (unpaired) electrons. The van der Waals surface area contributed by atoms with E-state index in [9.17, 15) is 9.59 Å². The molecule has 0 spiro atoms. The number of ether oxygens (including phenoxy) is 1. The van der Waals surface area contributed by atoms with E-state index in [1.807, 2.05) is 29.2 Å². The Morgan fingerprint density at radius 2 is 1.52 bits per heavy atom. The fourth-order valence-electron chi connectivity index (χ4n) is 4.65. The topological polar surface area (TPSA) is 53.1 Å². The Labute approximate surface area is 170 Å². The van der Waals surface area contributed by atoms with E-state index < -0.39 is 0 Å². The number of morpholine rings is 1. The third-order valence-corrected chi connectivity index (χ3v) is 6.09. The molecule has 2 aromatic rings. The number of amides is 2. The van der Waals surface area contributed by atoms with Crippen molar-refractivity contribution in [1.29, 1.82) is 0 Å². The Kier molecular flexibility index (Phi) is 4.81. The molecular formula is C23H25N3O3. The van der Waals surface area contributed by atoms with Gasteiger partial charge >= 0.3 is 0 Å². The molecule has 2 saturated heterocycles. The molecule has 0 aliphatic carbocycles. The Morgan fingerprint density at radius 3 is 2.17 bits per heavy atom. The van der Waals surface area contributed by atoms with Crippen LogP contribution in [-0.4, -0.2) is 49.6 Å². The van der Waals surface area contributed by atoms with Crippen molar-refractivity contribution in [2.45, 2.75) is 19.5 Å². The normalized spacial score (nSPS) is 22.4. The monoisotopic (exact) mass is 391 g/mol. The van der Waals surface area contributed by atoms with E-state index >= 15 is 0 Å². The molecule has 3 aliphatic rings. The third-order valence-electron chi connectivity index (χ3n) is 6.09. The molecule has 5 rings (SSSR count). The number of carbonyl (C=O) groups excluding carboxylic acids is 2. The predicted molar refractivity (Wildman–Crippen MR) is 111 cm³/mol. The summed E-state index contributed by atoms with van der Waals surface area (Å²) in [4.78, 5) is 30.7. The zero-order valence-corrected chi connectivity index (χ0v) is 16.4. The maximum absolute atomic E-state index is 12.6. The molecular weight excluding hydrogens is 366 g/mol. The molecule has 29 heavy (non-hydrogen) atoms. The Morgan fingerprint density at radius 1 is 0.862 bits per heavy atom. The van der Waals surface area contributed by atoms with E-state index in [0.717, 1.165) is 37.6 Å². The van der Waals surface area contributed by atoms with Crippen LogP contribution >= 0.6 is 0 Å². The molecule has 2 amide bonds. The van der Waals surface area contributed by atoms with Crippen LogP contribution in [-0.2, 0) is 27.4 Å². The van der Waals surface area contributed by atoms with Crippen molar-refractivity contribution in [3.8, 4) is 0 Å². The molecule has 6 nitrogen and oxygen atoms in total. The summed E-state index contributed by atoms with van der Waals surface area (Å²) in [5.74, 6) is 0.507. The molecule has 0 saturated carbocycles. The Hall–Kier alpha value is -2.70. The lowest BCUT2D eigenvalue weighted by Gasteiger charge is -2.27. The molecule has 0 aromatic heterocycles. The van der Waals surface area contributed by atoms with Crippen LogP contribution in [0, 0.1) is 5.92 Å². The number of hydrogen-bond acceptors (Lipinski definition) is 4. The first-order valence-corrected chi connectivity index (χ1v) is 10.2. The minimum absolute atomic E-state index is 0.0204. The number of rotatable bonds is 4. The van der Waals surface area contributed by atoms with Gasteiger partial charge in [-0.15, -0.1) is 0 Å². The van der Waals surface area contributed by atoms with Crippen molar-refractivity contribution < 1.29 is 14.3 Å². The van der Waals surface area contributed by atoms with E-state index in [0.29, 0.717) is 25.5 Å². The average molecular weight is 391 g/mol. The van der Waals surface area contributed by atoms with E-state index in [2.05, 4.69) is 29.2 Å². The van der Waals surface area contributed by atoms with Crippen molar-refractivity contribution in [2.75, 3.05) is 42.6 Å². The quantitative estimate of drug-likeness (QED) is 0.803. The SMILES string of the molecule is O=C1COCCN1c1ccc(N2CC(CN3Cc4ccccc4C3)CC2=O)cc1. The fourth-order valence-corrected chi connectivity index (χ4v) is 4.65. The zero-order chi connectivity index (χ0) is 19.8. The van der Waals surface area contributed by atoms with Gasteiger partial charge in [0.25, 0.3) is 5.91 Å². The van der Waals surface area contributed by atoms with E-state index in [1.54, 1.807) is 4.90 Å². The largest absolute Gasteiger partial charge is 0.370 e. The molecule has 2 aromatic carbocycles. The van der Waals surface area contributed by atoms with Crippen LogP contribution in [0.15, 0.2) is 48.5 Å². The summed E-state index contributed by atoms with van der Waals surface area (Å²) in [5.41, 5.74) is 4.58. The van der Waals surface area contributed by atoms with Crippen LogP contribution < -0.4 is 9.80 Å². The number of nitrogens with zero attached hydrogens (tertiary/aromatic N) is 3. The fraction of sp³-hybridized carbons (Fsp3) is 0.391. The lowest BCUT2D eigenvalue weighted by atomic mass is 10.1. The van der Waals surface area contributed by atoms with Crippen LogP contribution in [0.5, 0.6) is 0 Å². The van der Waals surface area contributed by atoms with Gasteiger partial charge in [0.15, 0.2) is 0 Å². The molecule has 1 unspecified atom stereocenters. The van der Waals surface area contributed by atoms with Crippen LogP contribution in [0.3, 0.4) is 0 Å². The number of fused-ring (bicyclic) bond motifs is 1. The molecule has 0 N–H and O–H groups in total. The molecule has 1 atom stereocenters. The van der Waals surface area contributed by atoms with Crippen LogP contribution in [0.4, 0.5) is 11.4 Å². The van der Waals surface area contributed by atoms with Gasteiger partial charge < -0.3 is 14.5 Å². The minimum Gasteiger partial charge on any atom is -0.370 e. The second-order valence-corrected chi connectivity index (χ2v) is 8.13. The molecule has 2 fully saturated rings. The number of benzene rings is 2. The molecule has 3 aliphatic heterocycles. The third kappa shape index (κ3) is 3.66. The minimum atomic E-state index is -0.0204. The highest BCUT2D eigenvalue weighted by molar-refractivity contribution is 5.97. The van der Waals surface area contributed by atoms with Gasteiger partial charge in [-0.3, -0.25) is 14.5 Å². The zero-order valence-electron chi connectivity index (χ0n) is 16.4. The first-order valence-electron chi connectivity index (χ1n) is 10.2. The summed E-state index contributed by atoms with van der Waals surface area (Å²) in [6.45, 7) is 4.90. The first kappa shape index (κ1) is 18.3. The summed E-state index contributed by atoms with van der Waals surface area (Å²) in [6.07, 6.45) is 0.594. The van der Waals surface area contributed by atoms with Gasteiger partial charge in [-0.25, -0.2) is 0 Å². The maximum Gasteiger partial charge on any atom is 0.253 e. The van der Waals surface area contributed by atoms with Crippen molar-refractivity contribution in [3.63, 3.8) is 0 Å². The van der Waals surface area contributed by atoms with E-state index in [-0.39, 0.29) is 18.4 Å². The number of carbonyl (C=O) groups is 2. The van der Waals surface area contributed by atoms with Gasteiger partial charge in [0, 0.05) is 50.5 Å². The summed E-state index contributed by atoms with van der Waals surface area (Å²) in [5, 5.41) is 0. The highest BCUT2D eigenvalue weighted by Crippen LogP contribution is 2.30. The van der Waals surface area contributed by atoms with Crippen molar-refractivity contribution >= 4 is 23.2 Å². The van der Waals surface area contributed by atoms with Crippen molar-refractivity contribution in [2.24, 2.45) is 5.92 Å². The Balaban J connectivity index is 1.22. The van der Waals surface area contributed by atoms with E-state index in [4.69, 9.17) is 4.74 Å². The van der Waals surface area contributed by atoms with Crippen molar-refractivity contribution in [3.05, 3.63) is 59.7 Å². The second-order valence-electron chi connectivity index (χ2n) is 8.13. The standard InChI is InChI=1S/C23H25N3O3/c27-22-11-17(12-24-14-18-3-1-2-4-19(18)15-24)13-26(22)21-7-5-20(6-8-21)25-9-10-29-16-23(25)28/h1-8,17H,9-16H2. The van der Waals surface area contributed by atoms with Crippen LogP contribution in [0.1, 0.15) is 17.5 Å². The van der Waals surface area contributed by atoms with Gasteiger partial charge in [-0.2, -0.15) is 0 Å². The first-order chi connectivity index (χ1) is 14.2. The summed E-state index contributed by atoms with van der Waals surface area (Å²) < 4.78 is 5.19. The lowest BCUT2D eigenvalue weighted by molar-refractivity contribution is -0.125. The second kappa shape index (κ2) is 7.61. The summed E-state index contributed by atoms with van der Waals surface area (Å²) in [6, 6.07) is 16.3. The summed E-state index contributed by atoms with van der Waals surface area (Å²) in [7, 11) is 0. The highest BCUT2D eigenvalue weighted by atomic mass is 16.5. The van der Waals surface area contributed by atoms with Crippen LogP contribution in [0.25, 0.3) is 0 Å². The van der Waals surface area contributed by atoms with Gasteiger partial charge in [-0.05, 0) is 41.3 Å². The van der Waals surface area contributed by atoms with Gasteiger partial charge in [0.2, 0.25) is 5.91 Å². The smallest absolute Gasteiger partial charge is 0.253 e. The van der Waals surface area contributed by atoms with Gasteiger partial charge in [0.1, 0.15) is 6.61 Å². The average Bonchev–Trinajstić information content (AvgIpc) is 3.31. The maximum atomic E-state index is 12.6. The molecule has 3 heterocycles.